The maximum Gasteiger partial charge on any atom is 0.256 e. The normalized spacial score (nSPS) is 12.9. The molecule has 0 aromatic carbocycles. The second-order valence-corrected chi connectivity index (χ2v) is 3.64. The largest absolute Gasteiger partial charge is 0.440 e. The third-order valence-corrected chi connectivity index (χ3v) is 2.17. The molecule has 1 aromatic heterocycles. The van der Waals surface area contributed by atoms with Crippen LogP contribution in [0, 0.1) is 6.92 Å². The summed E-state index contributed by atoms with van der Waals surface area (Å²) >= 11 is 1.57. The van der Waals surface area contributed by atoms with Gasteiger partial charge in [0, 0.05) is 5.25 Å². The van der Waals surface area contributed by atoms with Gasteiger partial charge in [0.1, 0.15) is 6.26 Å². The van der Waals surface area contributed by atoms with Gasteiger partial charge in [0.25, 0.3) is 5.22 Å². The second-order valence-electron chi connectivity index (χ2n) is 2.31. The molecule has 0 aliphatic heterocycles. The van der Waals surface area contributed by atoms with Crippen molar-refractivity contribution in [1.82, 2.24) is 4.98 Å². The zero-order valence-electron chi connectivity index (χ0n) is 6.70. The molecule has 0 saturated carbocycles. The molecule has 0 radical (unpaired) electrons. The fourth-order valence-electron chi connectivity index (χ4n) is 0.594. The lowest BCUT2D eigenvalue weighted by Gasteiger charge is -1.98. The number of rotatable bonds is 3. The first-order chi connectivity index (χ1) is 5.22. The summed E-state index contributed by atoms with van der Waals surface area (Å²) in [5.74, 6) is 0. The zero-order valence-corrected chi connectivity index (χ0v) is 7.52. The highest BCUT2D eigenvalue weighted by molar-refractivity contribution is 7.99. The first-order valence-corrected chi connectivity index (χ1v) is 4.31. The van der Waals surface area contributed by atoms with E-state index in [1.54, 1.807) is 18.0 Å². The molecule has 1 atom stereocenters. The first kappa shape index (κ1) is 8.40. The minimum atomic E-state index is 0.355. The summed E-state index contributed by atoms with van der Waals surface area (Å²) in [5, 5.41) is 1.07. The number of aromatic nitrogens is 1. The lowest BCUT2D eigenvalue weighted by atomic mass is 10.5. The van der Waals surface area contributed by atoms with Crippen LogP contribution in [0.15, 0.2) is 28.6 Å². The molecule has 0 fully saturated rings. The molecule has 0 aliphatic rings. The van der Waals surface area contributed by atoms with Crippen LogP contribution < -0.4 is 0 Å². The molecule has 0 N–H and O–H groups in total. The van der Waals surface area contributed by atoms with Crippen LogP contribution in [-0.4, -0.2) is 10.2 Å². The SMILES string of the molecule is C=CC(C)Sc1nc(C)co1. The Kier molecular flexibility index (Phi) is 2.76. The van der Waals surface area contributed by atoms with Crippen molar-refractivity contribution in [3.8, 4) is 0 Å². The quantitative estimate of drug-likeness (QED) is 0.514. The summed E-state index contributed by atoms with van der Waals surface area (Å²) in [6.45, 7) is 7.63. The standard InChI is InChI=1S/C8H11NOS/c1-4-7(3)11-8-9-6(2)5-10-8/h4-5,7H,1H2,2-3H3. The summed E-state index contributed by atoms with van der Waals surface area (Å²) in [7, 11) is 0. The Balaban J connectivity index is 2.57. The van der Waals surface area contributed by atoms with Crippen LogP contribution in [0.5, 0.6) is 0 Å². The summed E-state index contributed by atoms with van der Waals surface area (Å²) < 4.78 is 5.14. The Morgan fingerprint density at radius 1 is 1.82 bits per heavy atom. The first-order valence-electron chi connectivity index (χ1n) is 3.43. The number of hydrogen-bond donors (Lipinski definition) is 0. The van der Waals surface area contributed by atoms with Gasteiger partial charge < -0.3 is 4.42 Å². The Hall–Kier alpha value is -0.700. The van der Waals surface area contributed by atoms with Crippen LogP contribution in [-0.2, 0) is 0 Å². The minimum absolute atomic E-state index is 0.355. The van der Waals surface area contributed by atoms with Gasteiger partial charge in [-0.25, -0.2) is 4.98 Å². The van der Waals surface area contributed by atoms with Crippen LogP contribution in [0.2, 0.25) is 0 Å². The summed E-state index contributed by atoms with van der Waals surface area (Å²) in [6, 6.07) is 0. The van der Waals surface area contributed by atoms with E-state index in [0.29, 0.717) is 5.25 Å². The van der Waals surface area contributed by atoms with E-state index in [9.17, 15) is 0 Å². The Bertz CT molecular complexity index is 244. The Morgan fingerprint density at radius 3 is 3.00 bits per heavy atom. The third kappa shape index (κ3) is 2.42. The second kappa shape index (κ2) is 3.62. The molecule has 11 heavy (non-hydrogen) atoms. The predicted octanol–water partition coefficient (Wildman–Crippen LogP) is 2.65. The number of hydrogen-bond acceptors (Lipinski definition) is 3. The number of aryl methyl sites for hydroxylation is 1. The van der Waals surface area contributed by atoms with Crippen LogP contribution in [0.1, 0.15) is 12.6 Å². The van der Waals surface area contributed by atoms with Gasteiger partial charge >= 0.3 is 0 Å². The van der Waals surface area contributed by atoms with Crippen molar-refractivity contribution < 1.29 is 4.42 Å². The molecule has 60 valence electrons. The summed E-state index contributed by atoms with van der Waals surface area (Å²) in [4.78, 5) is 4.15. The van der Waals surface area contributed by atoms with Crippen molar-refractivity contribution >= 4 is 11.8 Å². The Labute approximate surface area is 70.7 Å². The van der Waals surface area contributed by atoms with Crippen molar-refractivity contribution in [2.75, 3.05) is 0 Å². The predicted molar refractivity (Wildman–Crippen MR) is 46.8 cm³/mol. The maximum absolute atomic E-state index is 5.14. The van der Waals surface area contributed by atoms with Gasteiger partial charge in [0.15, 0.2) is 0 Å². The molecule has 0 spiro atoms. The van der Waals surface area contributed by atoms with E-state index in [2.05, 4.69) is 18.5 Å². The van der Waals surface area contributed by atoms with E-state index in [-0.39, 0.29) is 0 Å². The highest BCUT2D eigenvalue weighted by Crippen LogP contribution is 2.22. The maximum atomic E-state index is 5.14. The van der Waals surface area contributed by atoms with E-state index < -0.39 is 0 Å². The van der Waals surface area contributed by atoms with Crippen LogP contribution in [0.3, 0.4) is 0 Å². The van der Waals surface area contributed by atoms with Crippen molar-refractivity contribution in [2.24, 2.45) is 0 Å². The number of nitrogens with zero attached hydrogens (tertiary/aromatic N) is 1. The average molecular weight is 169 g/mol. The average Bonchev–Trinajstić information content (AvgIpc) is 2.35. The summed E-state index contributed by atoms with van der Waals surface area (Å²) in [5.41, 5.74) is 0.920. The molecule has 1 aromatic rings. The molecule has 0 saturated heterocycles. The molecule has 0 bridgehead atoms. The van der Waals surface area contributed by atoms with Gasteiger partial charge in [-0.1, -0.05) is 17.8 Å². The van der Waals surface area contributed by atoms with Gasteiger partial charge in [0.2, 0.25) is 0 Å². The fraction of sp³-hybridized carbons (Fsp3) is 0.375. The van der Waals surface area contributed by atoms with Gasteiger partial charge in [-0.3, -0.25) is 0 Å². The zero-order chi connectivity index (χ0) is 8.27. The molecular weight excluding hydrogens is 158 g/mol. The Morgan fingerprint density at radius 2 is 2.55 bits per heavy atom. The molecule has 0 aliphatic carbocycles. The van der Waals surface area contributed by atoms with E-state index in [1.165, 1.54) is 0 Å². The lowest BCUT2D eigenvalue weighted by Crippen LogP contribution is -1.87. The summed E-state index contributed by atoms with van der Waals surface area (Å²) in [6.07, 6.45) is 3.52. The molecule has 1 rings (SSSR count). The van der Waals surface area contributed by atoms with Crippen LogP contribution >= 0.6 is 11.8 Å². The molecule has 2 nitrogen and oxygen atoms in total. The van der Waals surface area contributed by atoms with Crippen molar-refractivity contribution in [2.45, 2.75) is 24.3 Å². The molecule has 1 unspecified atom stereocenters. The van der Waals surface area contributed by atoms with E-state index in [1.807, 2.05) is 13.0 Å². The highest BCUT2D eigenvalue weighted by atomic mass is 32.2. The van der Waals surface area contributed by atoms with E-state index in [4.69, 9.17) is 4.42 Å². The van der Waals surface area contributed by atoms with E-state index >= 15 is 0 Å². The molecule has 0 amide bonds. The van der Waals surface area contributed by atoms with Crippen molar-refractivity contribution in [3.63, 3.8) is 0 Å². The van der Waals surface area contributed by atoms with Crippen LogP contribution in [0.4, 0.5) is 0 Å². The van der Waals surface area contributed by atoms with Crippen LogP contribution in [0.25, 0.3) is 0 Å². The van der Waals surface area contributed by atoms with Gasteiger partial charge in [0.05, 0.1) is 5.69 Å². The monoisotopic (exact) mass is 169 g/mol. The van der Waals surface area contributed by atoms with Crippen molar-refractivity contribution in [3.05, 3.63) is 24.6 Å². The fourth-order valence-corrected chi connectivity index (χ4v) is 1.31. The number of thioether (sulfide) groups is 1. The molecule has 3 heteroatoms. The van der Waals surface area contributed by atoms with Gasteiger partial charge in [-0.15, -0.1) is 6.58 Å². The topological polar surface area (TPSA) is 26.0 Å². The van der Waals surface area contributed by atoms with Gasteiger partial charge in [-0.05, 0) is 13.8 Å². The molecular formula is C8H11NOS. The lowest BCUT2D eigenvalue weighted by molar-refractivity contribution is 0.453. The number of oxazole rings is 1. The van der Waals surface area contributed by atoms with Gasteiger partial charge in [-0.2, -0.15) is 0 Å². The highest BCUT2D eigenvalue weighted by Gasteiger charge is 2.04. The third-order valence-electron chi connectivity index (χ3n) is 1.22. The van der Waals surface area contributed by atoms with E-state index in [0.717, 1.165) is 10.9 Å². The smallest absolute Gasteiger partial charge is 0.256 e. The molecule has 1 heterocycles. The van der Waals surface area contributed by atoms with Crippen molar-refractivity contribution in [1.29, 1.82) is 0 Å². The minimum Gasteiger partial charge on any atom is -0.440 e.